The van der Waals surface area contributed by atoms with E-state index in [0.717, 1.165) is 26.0 Å². The second-order valence-corrected chi connectivity index (χ2v) is 3.22. The second kappa shape index (κ2) is 4.91. The first-order valence-corrected chi connectivity index (χ1v) is 4.32. The Hall–Kier alpha value is -1.66. The van der Waals surface area contributed by atoms with Gasteiger partial charge in [-0.3, -0.25) is 0 Å². The summed E-state index contributed by atoms with van der Waals surface area (Å²) in [6, 6.07) is 0. The largest absolute Gasteiger partial charge is 0.414 e. The Kier molecular flexibility index (Phi) is 4.40. The van der Waals surface area contributed by atoms with Gasteiger partial charge in [0.05, 0.1) is 0 Å². The molecule has 0 unspecified atom stereocenters. The van der Waals surface area contributed by atoms with E-state index in [9.17, 15) is 19.8 Å². The molecule has 0 radical (unpaired) electrons. The quantitative estimate of drug-likeness (QED) is 0.388. The van der Waals surface area contributed by atoms with Gasteiger partial charge in [0.2, 0.25) is 5.79 Å². The molecule has 0 saturated carbocycles. The third-order valence-electron chi connectivity index (χ3n) is 1.78. The van der Waals surface area contributed by atoms with Crippen LogP contribution in [0.2, 0.25) is 0 Å². The van der Waals surface area contributed by atoms with Crippen molar-refractivity contribution in [3.05, 3.63) is 25.3 Å². The maximum Gasteiger partial charge on any atom is 0.333 e. The standard InChI is InChI=1S/C10H14O6/c1-5-7(11)15-10(4,9(3,13)14)16-8(12)6-2/h5-6,13-14H,1-2H2,3-4H3. The summed E-state index contributed by atoms with van der Waals surface area (Å²) in [4.78, 5) is 21.9. The summed E-state index contributed by atoms with van der Waals surface area (Å²) < 4.78 is 9.15. The predicted octanol–water partition coefficient (Wildman–Crippen LogP) is -0.138. The second-order valence-electron chi connectivity index (χ2n) is 3.22. The maximum absolute atomic E-state index is 11.0. The van der Waals surface area contributed by atoms with Crippen LogP contribution in [0.15, 0.2) is 25.3 Å². The van der Waals surface area contributed by atoms with Gasteiger partial charge in [-0.2, -0.15) is 0 Å². The van der Waals surface area contributed by atoms with Gasteiger partial charge in [-0.25, -0.2) is 9.59 Å². The molecule has 16 heavy (non-hydrogen) atoms. The van der Waals surface area contributed by atoms with Gasteiger partial charge in [0.25, 0.3) is 0 Å². The maximum atomic E-state index is 11.0. The fourth-order valence-corrected chi connectivity index (χ4v) is 0.681. The fourth-order valence-electron chi connectivity index (χ4n) is 0.681. The lowest BCUT2D eigenvalue weighted by Crippen LogP contribution is -2.55. The molecule has 0 aliphatic carbocycles. The van der Waals surface area contributed by atoms with Crippen molar-refractivity contribution >= 4 is 11.9 Å². The van der Waals surface area contributed by atoms with E-state index in [0.29, 0.717) is 0 Å². The zero-order chi connectivity index (χ0) is 13.0. The van der Waals surface area contributed by atoms with E-state index in [-0.39, 0.29) is 0 Å². The highest BCUT2D eigenvalue weighted by molar-refractivity contribution is 5.83. The SMILES string of the molecule is C=CC(=O)OC(C)(OC(=O)C=C)C(C)(O)O. The number of esters is 2. The van der Waals surface area contributed by atoms with Crippen molar-refractivity contribution in [3.8, 4) is 0 Å². The highest BCUT2D eigenvalue weighted by atomic mass is 16.8. The number of hydrogen-bond acceptors (Lipinski definition) is 6. The summed E-state index contributed by atoms with van der Waals surface area (Å²) in [6.45, 7) is 8.18. The van der Waals surface area contributed by atoms with Crippen molar-refractivity contribution in [1.82, 2.24) is 0 Å². The Morgan fingerprint density at radius 3 is 1.56 bits per heavy atom. The van der Waals surface area contributed by atoms with Gasteiger partial charge >= 0.3 is 17.7 Å². The molecule has 0 aromatic carbocycles. The molecule has 0 amide bonds. The lowest BCUT2D eigenvalue weighted by molar-refractivity contribution is -0.343. The average Bonchev–Trinajstić information content (AvgIpc) is 2.15. The Labute approximate surface area is 92.8 Å². The molecule has 0 saturated heterocycles. The molecule has 0 heterocycles. The molecule has 0 aromatic rings. The molecular formula is C10H14O6. The van der Waals surface area contributed by atoms with Crippen LogP contribution in [0.1, 0.15) is 13.8 Å². The van der Waals surface area contributed by atoms with Crippen LogP contribution in [0, 0.1) is 0 Å². The van der Waals surface area contributed by atoms with Crippen LogP contribution in [-0.4, -0.2) is 33.7 Å². The Morgan fingerprint density at radius 1 is 1.06 bits per heavy atom. The molecular weight excluding hydrogens is 216 g/mol. The van der Waals surface area contributed by atoms with E-state index in [2.05, 4.69) is 22.6 Å². The average molecular weight is 230 g/mol. The topological polar surface area (TPSA) is 93.1 Å². The van der Waals surface area contributed by atoms with E-state index in [1.807, 2.05) is 0 Å². The van der Waals surface area contributed by atoms with Gasteiger partial charge in [-0.05, 0) is 6.92 Å². The summed E-state index contributed by atoms with van der Waals surface area (Å²) in [6.07, 6.45) is 1.59. The minimum atomic E-state index is -2.57. The number of hydrogen-bond donors (Lipinski definition) is 2. The number of rotatable bonds is 5. The van der Waals surface area contributed by atoms with Gasteiger partial charge in [0, 0.05) is 19.1 Å². The predicted molar refractivity (Wildman–Crippen MR) is 53.8 cm³/mol. The van der Waals surface area contributed by atoms with Crippen molar-refractivity contribution in [2.24, 2.45) is 0 Å². The first kappa shape index (κ1) is 14.3. The number of carbonyl (C=O) groups is 2. The number of aliphatic hydroxyl groups is 2. The molecule has 0 rings (SSSR count). The first-order valence-electron chi connectivity index (χ1n) is 4.32. The van der Waals surface area contributed by atoms with Crippen molar-refractivity contribution in [2.45, 2.75) is 25.4 Å². The number of carbonyl (C=O) groups excluding carboxylic acids is 2. The van der Waals surface area contributed by atoms with Crippen LogP contribution in [-0.2, 0) is 19.1 Å². The van der Waals surface area contributed by atoms with Crippen molar-refractivity contribution in [2.75, 3.05) is 0 Å². The summed E-state index contributed by atoms with van der Waals surface area (Å²) in [7, 11) is 0. The van der Waals surface area contributed by atoms with E-state index in [1.54, 1.807) is 0 Å². The molecule has 6 nitrogen and oxygen atoms in total. The molecule has 6 heteroatoms. The van der Waals surface area contributed by atoms with Gasteiger partial charge in [0.1, 0.15) is 0 Å². The fraction of sp³-hybridized carbons (Fsp3) is 0.400. The smallest absolute Gasteiger partial charge is 0.333 e. The van der Waals surface area contributed by atoms with Gasteiger partial charge < -0.3 is 19.7 Å². The van der Waals surface area contributed by atoms with Crippen LogP contribution in [0.5, 0.6) is 0 Å². The highest BCUT2D eigenvalue weighted by Crippen LogP contribution is 2.26. The Morgan fingerprint density at radius 2 is 1.38 bits per heavy atom. The number of ether oxygens (including phenoxy) is 2. The summed E-state index contributed by atoms with van der Waals surface area (Å²) >= 11 is 0. The minimum absolute atomic E-state index is 0.797. The minimum Gasteiger partial charge on any atom is -0.414 e. The zero-order valence-electron chi connectivity index (χ0n) is 9.10. The van der Waals surface area contributed by atoms with Crippen LogP contribution in [0.4, 0.5) is 0 Å². The lowest BCUT2D eigenvalue weighted by atomic mass is 10.1. The normalized spacial score (nSPS) is 11.5. The van der Waals surface area contributed by atoms with Gasteiger partial charge in [-0.15, -0.1) is 0 Å². The Bertz CT molecular complexity index is 290. The van der Waals surface area contributed by atoms with Crippen LogP contribution < -0.4 is 0 Å². The molecule has 0 bridgehead atoms. The molecule has 0 aliphatic rings. The van der Waals surface area contributed by atoms with E-state index < -0.39 is 23.5 Å². The molecule has 2 N–H and O–H groups in total. The van der Waals surface area contributed by atoms with E-state index >= 15 is 0 Å². The van der Waals surface area contributed by atoms with Crippen molar-refractivity contribution in [3.63, 3.8) is 0 Å². The molecule has 0 aromatic heterocycles. The van der Waals surface area contributed by atoms with Gasteiger partial charge in [0.15, 0.2) is 0 Å². The third-order valence-corrected chi connectivity index (χ3v) is 1.78. The molecule has 90 valence electrons. The lowest BCUT2D eigenvalue weighted by Gasteiger charge is -2.36. The third kappa shape index (κ3) is 3.48. The molecule has 0 fully saturated rings. The van der Waals surface area contributed by atoms with Crippen molar-refractivity contribution < 1.29 is 29.3 Å². The molecule has 0 atom stereocenters. The highest BCUT2D eigenvalue weighted by Gasteiger charge is 2.49. The molecule has 0 spiro atoms. The summed E-state index contributed by atoms with van der Waals surface area (Å²) in [5.41, 5.74) is 0. The van der Waals surface area contributed by atoms with Crippen LogP contribution in [0.25, 0.3) is 0 Å². The van der Waals surface area contributed by atoms with E-state index in [4.69, 9.17) is 0 Å². The van der Waals surface area contributed by atoms with Crippen LogP contribution >= 0.6 is 0 Å². The van der Waals surface area contributed by atoms with Gasteiger partial charge in [-0.1, -0.05) is 13.2 Å². The summed E-state index contributed by atoms with van der Waals surface area (Å²) in [5, 5.41) is 18.7. The first-order chi connectivity index (χ1) is 7.16. The van der Waals surface area contributed by atoms with Crippen LogP contribution in [0.3, 0.4) is 0 Å². The summed E-state index contributed by atoms with van der Waals surface area (Å²) in [5.74, 6) is -6.74. The zero-order valence-corrected chi connectivity index (χ0v) is 9.10. The van der Waals surface area contributed by atoms with Crippen molar-refractivity contribution in [1.29, 1.82) is 0 Å². The monoisotopic (exact) mass is 230 g/mol. The Balaban J connectivity index is 5.03. The van der Waals surface area contributed by atoms with E-state index in [1.165, 1.54) is 0 Å². The molecule has 0 aliphatic heterocycles.